The molecule has 3 N–H and O–H groups in total. The molecule has 8 heteroatoms. The lowest BCUT2D eigenvalue weighted by atomic mass is 10.1. The number of aliphatic hydroxyl groups is 1. The molecule has 3 aromatic rings. The maximum atomic E-state index is 12.2. The average molecular weight is 408 g/mol. The molecule has 0 aliphatic heterocycles. The van der Waals surface area contributed by atoms with Crippen molar-refractivity contribution in [2.75, 3.05) is 19.8 Å². The second-order valence-corrected chi connectivity index (χ2v) is 6.66. The summed E-state index contributed by atoms with van der Waals surface area (Å²) in [5.41, 5.74) is 2.65. The molecule has 3 rings (SSSR count). The average Bonchev–Trinajstić information content (AvgIpc) is 3.05. The number of hydrogen-bond acceptors (Lipinski definition) is 4. The van der Waals surface area contributed by atoms with Gasteiger partial charge in [-0.25, -0.2) is 4.98 Å². The zero-order valence-electron chi connectivity index (χ0n) is 14.7. The Kier molecular flexibility index (Phi) is 6.21. The lowest BCUT2D eigenvalue weighted by Crippen LogP contribution is -2.25. The number of aromatic amines is 1. The van der Waals surface area contributed by atoms with Crippen LogP contribution in [-0.4, -0.2) is 40.7 Å². The van der Waals surface area contributed by atoms with Crippen LogP contribution in [0.2, 0.25) is 10.0 Å². The summed E-state index contributed by atoms with van der Waals surface area (Å²) in [5.74, 6) is 0.918. The van der Waals surface area contributed by atoms with Gasteiger partial charge in [-0.15, -0.1) is 0 Å². The Morgan fingerprint density at radius 2 is 2.04 bits per heavy atom. The van der Waals surface area contributed by atoms with Gasteiger partial charge in [0.2, 0.25) is 0 Å². The summed E-state index contributed by atoms with van der Waals surface area (Å²) in [4.78, 5) is 20.0. The van der Waals surface area contributed by atoms with E-state index >= 15 is 0 Å². The number of ether oxygens (including phenoxy) is 1. The number of halogens is 2. The number of fused-ring (bicyclic) bond motifs is 1. The lowest BCUT2D eigenvalue weighted by Gasteiger charge is -2.11. The van der Waals surface area contributed by atoms with E-state index in [0.29, 0.717) is 52.3 Å². The van der Waals surface area contributed by atoms with Gasteiger partial charge in [0.05, 0.1) is 33.2 Å². The van der Waals surface area contributed by atoms with Crippen LogP contribution in [0.4, 0.5) is 0 Å². The first-order valence-corrected chi connectivity index (χ1v) is 9.30. The SMILES string of the molecule is CCOc1cc(C(=O)NCCCO)ccc1-c1nc2cc(Cl)c(Cl)cc2[nH]1. The Morgan fingerprint density at radius 1 is 1.26 bits per heavy atom. The largest absolute Gasteiger partial charge is 0.493 e. The van der Waals surface area contributed by atoms with E-state index in [1.807, 2.05) is 6.92 Å². The first-order chi connectivity index (χ1) is 13.0. The van der Waals surface area contributed by atoms with Crippen molar-refractivity contribution >= 4 is 40.1 Å². The van der Waals surface area contributed by atoms with Crippen molar-refractivity contribution < 1.29 is 14.6 Å². The van der Waals surface area contributed by atoms with Gasteiger partial charge in [-0.05, 0) is 43.7 Å². The van der Waals surface area contributed by atoms with Gasteiger partial charge in [-0.2, -0.15) is 0 Å². The van der Waals surface area contributed by atoms with Crippen molar-refractivity contribution in [1.82, 2.24) is 15.3 Å². The second kappa shape index (κ2) is 8.61. The van der Waals surface area contributed by atoms with Gasteiger partial charge in [0.1, 0.15) is 11.6 Å². The quantitative estimate of drug-likeness (QED) is 0.515. The summed E-state index contributed by atoms with van der Waals surface area (Å²) in [6.07, 6.45) is 0.506. The summed E-state index contributed by atoms with van der Waals surface area (Å²) in [6, 6.07) is 8.59. The molecule has 2 aromatic carbocycles. The van der Waals surface area contributed by atoms with Crippen LogP contribution < -0.4 is 10.1 Å². The molecule has 0 atom stereocenters. The molecule has 0 bridgehead atoms. The number of carbonyl (C=O) groups excluding carboxylic acids is 1. The normalized spacial score (nSPS) is 11.0. The third-order valence-electron chi connectivity index (χ3n) is 3.94. The monoisotopic (exact) mass is 407 g/mol. The zero-order chi connectivity index (χ0) is 19.4. The highest BCUT2D eigenvalue weighted by Gasteiger charge is 2.15. The fourth-order valence-corrected chi connectivity index (χ4v) is 2.97. The van der Waals surface area contributed by atoms with Crippen LogP contribution in [-0.2, 0) is 0 Å². The molecule has 142 valence electrons. The molecule has 0 saturated carbocycles. The standard InChI is InChI=1S/C19H19Cl2N3O3/c1-2-27-17-8-11(19(26)22-6-3-7-25)4-5-12(17)18-23-15-9-13(20)14(21)10-16(15)24-18/h4-5,8-10,25H,2-3,6-7H2,1H3,(H,22,26)(H,23,24). The summed E-state index contributed by atoms with van der Waals surface area (Å²) in [7, 11) is 0. The number of nitrogens with zero attached hydrogens (tertiary/aromatic N) is 1. The van der Waals surface area contributed by atoms with Gasteiger partial charge in [0.15, 0.2) is 0 Å². The van der Waals surface area contributed by atoms with Crippen LogP contribution in [0.15, 0.2) is 30.3 Å². The number of amides is 1. The van der Waals surface area contributed by atoms with Gasteiger partial charge < -0.3 is 20.1 Å². The molecule has 1 amide bonds. The highest BCUT2D eigenvalue weighted by Crippen LogP contribution is 2.33. The summed E-state index contributed by atoms with van der Waals surface area (Å²) in [6.45, 7) is 2.76. The molecule has 0 fully saturated rings. The van der Waals surface area contributed by atoms with Crippen molar-refractivity contribution in [2.24, 2.45) is 0 Å². The molecule has 0 unspecified atom stereocenters. The molecule has 27 heavy (non-hydrogen) atoms. The van der Waals surface area contributed by atoms with E-state index in [-0.39, 0.29) is 12.5 Å². The smallest absolute Gasteiger partial charge is 0.251 e. The Balaban J connectivity index is 1.96. The maximum absolute atomic E-state index is 12.2. The minimum absolute atomic E-state index is 0.0312. The van der Waals surface area contributed by atoms with Crippen molar-refractivity contribution in [2.45, 2.75) is 13.3 Å². The van der Waals surface area contributed by atoms with Crippen LogP contribution >= 0.6 is 23.2 Å². The Bertz CT molecular complexity index is 933. The Morgan fingerprint density at radius 3 is 2.78 bits per heavy atom. The van der Waals surface area contributed by atoms with Crippen molar-refractivity contribution in [1.29, 1.82) is 0 Å². The van der Waals surface area contributed by atoms with E-state index in [2.05, 4.69) is 15.3 Å². The van der Waals surface area contributed by atoms with Crippen molar-refractivity contribution in [3.8, 4) is 17.1 Å². The molecule has 1 aromatic heterocycles. The molecule has 0 aliphatic carbocycles. The summed E-state index contributed by atoms with van der Waals surface area (Å²) >= 11 is 12.1. The zero-order valence-corrected chi connectivity index (χ0v) is 16.2. The Labute approximate surface area is 166 Å². The molecular weight excluding hydrogens is 389 g/mol. The van der Waals surface area contributed by atoms with Crippen LogP contribution in [0.1, 0.15) is 23.7 Å². The second-order valence-electron chi connectivity index (χ2n) is 5.85. The summed E-state index contributed by atoms with van der Waals surface area (Å²) < 4.78 is 5.72. The number of aliphatic hydroxyl groups excluding tert-OH is 1. The summed E-state index contributed by atoms with van der Waals surface area (Å²) in [5, 5.41) is 12.5. The van der Waals surface area contributed by atoms with Crippen LogP contribution in [0.5, 0.6) is 5.75 Å². The van der Waals surface area contributed by atoms with Gasteiger partial charge in [0.25, 0.3) is 5.91 Å². The highest BCUT2D eigenvalue weighted by atomic mass is 35.5. The fraction of sp³-hybridized carbons (Fsp3) is 0.263. The topological polar surface area (TPSA) is 87.2 Å². The van der Waals surface area contributed by atoms with Crippen LogP contribution in [0.3, 0.4) is 0 Å². The van der Waals surface area contributed by atoms with E-state index < -0.39 is 0 Å². The predicted molar refractivity (Wildman–Crippen MR) is 107 cm³/mol. The minimum atomic E-state index is -0.223. The van der Waals surface area contributed by atoms with E-state index in [1.165, 1.54) is 0 Å². The number of imidazole rings is 1. The molecule has 6 nitrogen and oxygen atoms in total. The van der Waals surface area contributed by atoms with E-state index in [0.717, 1.165) is 11.1 Å². The molecular formula is C19H19Cl2N3O3. The Hall–Kier alpha value is -2.28. The van der Waals surface area contributed by atoms with Crippen molar-refractivity contribution in [3.05, 3.63) is 45.9 Å². The van der Waals surface area contributed by atoms with Gasteiger partial charge in [-0.3, -0.25) is 4.79 Å². The predicted octanol–water partition coefficient (Wildman–Crippen LogP) is 4.05. The molecule has 1 heterocycles. The number of rotatable bonds is 7. The van der Waals surface area contributed by atoms with Gasteiger partial charge in [-0.1, -0.05) is 23.2 Å². The number of hydrogen-bond donors (Lipinski definition) is 3. The van der Waals surface area contributed by atoms with Gasteiger partial charge >= 0.3 is 0 Å². The van der Waals surface area contributed by atoms with Crippen LogP contribution in [0.25, 0.3) is 22.4 Å². The molecule has 0 radical (unpaired) electrons. The highest BCUT2D eigenvalue weighted by molar-refractivity contribution is 6.42. The van der Waals surface area contributed by atoms with Crippen molar-refractivity contribution in [3.63, 3.8) is 0 Å². The molecule has 0 saturated heterocycles. The van der Waals surface area contributed by atoms with Crippen LogP contribution in [0, 0.1) is 0 Å². The lowest BCUT2D eigenvalue weighted by molar-refractivity contribution is 0.0950. The first-order valence-electron chi connectivity index (χ1n) is 8.54. The third kappa shape index (κ3) is 4.35. The molecule has 0 aliphatic rings. The number of nitrogens with one attached hydrogen (secondary N) is 2. The first kappa shape index (κ1) is 19.5. The van der Waals surface area contributed by atoms with E-state index in [9.17, 15) is 4.79 Å². The molecule has 0 spiro atoms. The number of H-pyrrole nitrogens is 1. The maximum Gasteiger partial charge on any atom is 0.251 e. The van der Waals surface area contributed by atoms with E-state index in [4.69, 9.17) is 33.0 Å². The number of carbonyl (C=O) groups is 1. The number of aromatic nitrogens is 2. The number of benzene rings is 2. The van der Waals surface area contributed by atoms with E-state index in [1.54, 1.807) is 30.3 Å². The third-order valence-corrected chi connectivity index (χ3v) is 4.67. The minimum Gasteiger partial charge on any atom is -0.493 e. The van der Waals surface area contributed by atoms with Gasteiger partial charge in [0, 0.05) is 18.7 Å². The fourth-order valence-electron chi connectivity index (χ4n) is 2.65.